The van der Waals surface area contributed by atoms with Crippen molar-refractivity contribution in [2.45, 2.75) is 0 Å². The minimum Gasteiger partial charge on any atom is -0.490 e. The molecule has 2 aromatic rings. The van der Waals surface area contributed by atoms with Crippen LogP contribution in [-0.2, 0) is 9.53 Å². The van der Waals surface area contributed by atoms with E-state index in [0.717, 1.165) is 3.57 Å². The van der Waals surface area contributed by atoms with E-state index in [4.69, 9.17) is 9.47 Å². The molecule has 0 amide bonds. The molecule has 1 aliphatic heterocycles. The van der Waals surface area contributed by atoms with Gasteiger partial charge in [0, 0.05) is 15.2 Å². The maximum atomic E-state index is 12.0. The second-order valence-corrected chi connectivity index (χ2v) is 6.28. The predicted molar refractivity (Wildman–Crippen MR) is 99.4 cm³/mol. The lowest BCUT2D eigenvalue weighted by Gasteiger charge is -2.02. The van der Waals surface area contributed by atoms with Gasteiger partial charge in [-0.2, -0.15) is 0 Å². The summed E-state index contributed by atoms with van der Waals surface area (Å²) in [6, 6.07) is 11.8. The highest BCUT2D eigenvalue weighted by Crippen LogP contribution is 2.29. The average molecular weight is 450 g/mol. The summed E-state index contributed by atoms with van der Waals surface area (Å²) >= 11 is 2.15. The van der Waals surface area contributed by atoms with Gasteiger partial charge in [-0.1, -0.05) is 12.1 Å². The molecule has 3 rings (SSSR count). The zero-order valence-corrected chi connectivity index (χ0v) is 15.1. The highest BCUT2D eigenvalue weighted by molar-refractivity contribution is 14.1. The van der Waals surface area contributed by atoms with Gasteiger partial charge in [0.15, 0.2) is 11.4 Å². The van der Waals surface area contributed by atoms with Crippen LogP contribution in [0, 0.1) is 13.7 Å². The molecule has 8 heteroatoms. The first-order valence-corrected chi connectivity index (χ1v) is 8.17. The van der Waals surface area contributed by atoms with E-state index in [1.165, 1.54) is 25.3 Å². The van der Waals surface area contributed by atoms with Crippen LogP contribution >= 0.6 is 22.6 Å². The lowest BCUT2D eigenvalue weighted by molar-refractivity contribution is -0.385. The number of aliphatic imine (C=N–C) groups is 1. The number of hydrogen-bond acceptors (Lipinski definition) is 6. The molecule has 0 atom stereocenters. The summed E-state index contributed by atoms with van der Waals surface area (Å²) in [6.45, 7) is 0. The molecule has 7 nitrogen and oxygen atoms in total. The number of halogens is 1. The van der Waals surface area contributed by atoms with Crippen molar-refractivity contribution in [2.24, 2.45) is 4.99 Å². The fourth-order valence-corrected chi connectivity index (χ4v) is 2.79. The summed E-state index contributed by atoms with van der Waals surface area (Å²) in [7, 11) is 1.35. The minimum atomic E-state index is -0.604. The van der Waals surface area contributed by atoms with Crippen molar-refractivity contribution in [2.75, 3.05) is 7.11 Å². The lowest BCUT2D eigenvalue weighted by Crippen LogP contribution is -2.05. The van der Waals surface area contributed by atoms with Crippen LogP contribution in [0.4, 0.5) is 5.69 Å². The molecular weight excluding hydrogens is 439 g/mol. The summed E-state index contributed by atoms with van der Waals surface area (Å²) in [5.74, 6) is -0.255. The minimum absolute atomic E-state index is 0.0772. The Morgan fingerprint density at radius 3 is 2.76 bits per heavy atom. The summed E-state index contributed by atoms with van der Waals surface area (Å²) in [4.78, 5) is 26.8. The van der Waals surface area contributed by atoms with Crippen molar-refractivity contribution >= 4 is 46.2 Å². The van der Waals surface area contributed by atoms with E-state index in [1.54, 1.807) is 12.1 Å². The van der Waals surface area contributed by atoms with Crippen molar-refractivity contribution in [1.29, 1.82) is 0 Å². The van der Waals surface area contributed by atoms with Gasteiger partial charge in [0.1, 0.15) is 0 Å². The number of carbonyl (C=O) groups is 1. The Hall–Kier alpha value is -2.75. The van der Waals surface area contributed by atoms with Gasteiger partial charge >= 0.3 is 11.7 Å². The molecule has 0 saturated heterocycles. The Labute approximate surface area is 156 Å². The molecule has 2 aromatic carbocycles. The number of benzene rings is 2. The molecule has 0 bridgehead atoms. The Balaban J connectivity index is 1.97. The molecule has 1 aliphatic rings. The van der Waals surface area contributed by atoms with E-state index in [1.807, 2.05) is 18.2 Å². The Bertz CT molecular complexity index is 936. The number of cyclic esters (lactones) is 1. The summed E-state index contributed by atoms with van der Waals surface area (Å²) in [5, 5.41) is 11.1. The van der Waals surface area contributed by atoms with Gasteiger partial charge < -0.3 is 9.47 Å². The molecule has 126 valence electrons. The second kappa shape index (κ2) is 7.01. The number of ether oxygens (including phenoxy) is 2. The fourth-order valence-electron chi connectivity index (χ4n) is 2.25. The molecule has 1 heterocycles. The van der Waals surface area contributed by atoms with Gasteiger partial charge in [-0.25, -0.2) is 9.79 Å². The Morgan fingerprint density at radius 2 is 2.08 bits per heavy atom. The average Bonchev–Trinajstić information content (AvgIpc) is 2.95. The van der Waals surface area contributed by atoms with Gasteiger partial charge in [0.05, 0.1) is 12.0 Å². The number of carbonyl (C=O) groups excluding carboxylic acids is 1. The number of rotatable bonds is 4. The summed E-state index contributed by atoms with van der Waals surface area (Å²) < 4.78 is 11.1. The van der Waals surface area contributed by atoms with E-state index < -0.39 is 10.9 Å². The smallest absolute Gasteiger partial charge is 0.363 e. The van der Waals surface area contributed by atoms with E-state index in [9.17, 15) is 14.9 Å². The van der Waals surface area contributed by atoms with Crippen LogP contribution < -0.4 is 4.74 Å². The molecule has 0 spiro atoms. The van der Waals surface area contributed by atoms with Crippen molar-refractivity contribution in [3.63, 3.8) is 0 Å². The second-order valence-electron chi connectivity index (χ2n) is 5.03. The van der Waals surface area contributed by atoms with E-state index in [0.29, 0.717) is 11.1 Å². The number of nitrogens with zero attached hydrogens (tertiary/aromatic N) is 2. The van der Waals surface area contributed by atoms with Crippen LogP contribution in [0.1, 0.15) is 11.1 Å². The normalized spacial score (nSPS) is 15.0. The van der Waals surface area contributed by atoms with Gasteiger partial charge in [0.2, 0.25) is 5.90 Å². The van der Waals surface area contributed by atoms with Gasteiger partial charge in [0.25, 0.3) is 0 Å². The monoisotopic (exact) mass is 450 g/mol. The third-order valence-corrected chi connectivity index (χ3v) is 4.07. The fraction of sp³-hybridized carbons (Fsp3) is 0.0588. The first kappa shape index (κ1) is 17.1. The third kappa shape index (κ3) is 3.68. The van der Waals surface area contributed by atoms with Crippen molar-refractivity contribution in [3.05, 3.63) is 73.0 Å². The quantitative estimate of drug-likeness (QED) is 0.234. The lowest BCUT2D eigenvalue weighted by atomic mass is 10.1. The maximum Gasteiger partial charge on any atom is 0.363 e. The molecule has 0 N–H and O–H groups in total. The summed E-state index contributed by atoms with van der Waals surface area (Å²) in [6.07, 6.45) is 1.44. The van der Waals surface area contributed by atoms with Gasteiger partial charge in [-0.05, 0) is 58.5 Å². The van der Waals surface area contributed by atoms with Gasteiger partial charge in [-0.15, -0.1) is 0 Å². The highest BCUT2D eigenvalue weighted by atomic mass is 127. The first-order valence-electron chi connectivity index (χ1n) is 7.09. The van der Waals surface area contributed by atoms with Crippen LogP contribution in [0.2, 0.25) is 0 Å². The summed E-state index contributed by atoms with van der Waals surface area (Å²) in [5.41, 5.74) is 1.02. The largest absolute Gasteiger partial charge is 0.490 e. The number of hydrogen-bond donors (Lipinski definition) is 0. The van der Waals surface area contributed by atoms with Crippen molar-refractivity contribution < 1.29 is 19.2 Å². The number of methoxy groups -OCH3 is 1. The van der Waals surface area contributed by atoms with E-state index in [-0.39, 0.29) is 23.0 Å². The van der Waals surface area contributed by atoms with E-state index in [2.05, 4.69) is 27.6 Å². The Kier molecular flexibility index (Phi) is 4.79. The highest BCUT2D eigenvalue weighted by Gasteiger charge is 2.24. The molecule has 0 fully saturated rings. The first-order chi connectivity index (χ1) is 12.0. The molecule has 25 heavy (non-hydrogen) atoms. The molecule has 0 radical (unpaired) electrons. The van der Waals surface area contributed by atoms with Crippen LogP contribution in [0.5, 0.6) is 5.75 Å². The molecular formula is C17H11IN2O5. The molecule has 0 saturated carbocycles. The SMILES string of the molecule is COc1ccc(C=C2N=C(c3cccc(I)c3)OC2=O)cc1[N+](=O)[O-]. The third-order valence-electron chi connectivity index (χ3n) is 3.40. The predicted octanol–water partition coefficient (Wildman–Crippen LogP) is 3.55. The van der Waals surface area contributed by atoms with Crippen LogP contribution in [-0.4, -0.2) is 23.9 Å². The van der Waals surface area contributed by atoms with E-state index >= 15 is 0 Å². The van der Waals surface area contributed by atoms with Crippen LogP contribution in [0.15, 0.2) is 53.2 Å². The number of nitro groups is 1. The molecule has 0 unspecified atom stereocenters. The van der Waals surface area contributed by atoms with Crippen molar-refractivity contribution in [3.8, 4) is 5.75 Å². The zero-order chi connectivity index (χ0) is 18.0. The van der Waals surface area contributed by atoms with Crippen LogP contribution in [0.25, 0.3) is 6.08 Å². The topological polar surface area (TPSA) is 91.0 Å². The molecule has 0 aromatic heterocycles. The zero-order valence-electron chi connectivity index (χ0n) is 12.9. The standard InChI is InChI=1S/C17H11IN2O5/c1-24-15-6-5-10(8-14(15)20(22)23)7-13-17(21)25-16(19-13)11-3-2-4-12(18)9-11/h2-9H,1H3. The number of esters is 1. The van der Waals surface area contributed by atoms with Gasteiger partial charge in [-0.3, -0.25) is 10.1 Å². The Morgan fingerprint density at radius 1 is 1.28 bits per heavy atom. The van der Waals surface area contributed by atoms with Crippen molar-refractivity contribution in [1.82, 2.24) is 0 Å². The van der Waals surface area contributed by atoms with Crippen LogP contribution in [0.3, 0.4) is 0 Å². The molecule has 0 aliphatic carbocycles. The maximum absolute atomic E-state index is 12.0. The number of nitro benzene ring substituents is 1.